The van der Waals surface area contributed by atoms with E-state index in [0.717, 1.165) is 6.42 Å². The van der Waals surface area contributed by atoms with Crippen LogP contribution in [0.25, 0.3) is 0 Å². The van der Waals surface area contributed by atoms with Crippen LogP contribution in [-0.4, -0.2) is 36.4 Å². The maximum atomic E-state index is 8.74. The Hall–Kier alpha value is -0.120. The Morgan fingerprint density at radius 3 is 2.54 bits per heavy atom. The minimum atomic E-state index is 0.357. The zero-order valence-electron chi connectivity index (χ0n) is 8.26. The van der Waals surface area contributed by atoms with Gasteiger partial charge in [-0.05, 0) is 31.1 Å². The molecule has 0 aromatic heterocycles. The second-order valence-corrected chi connectivity index (χ2v) is 4.50. The zero-order chi connectivity index (χ0) is 9.15. The molecule has 0 spiro atoms. The summed E-state index contributed by atoms with van der Waals surface area (Å²) in [4.78, 5) is 0. The first kappa shape index (κ1) is 9.44. The van der Waals surface area contributed by atoms with Gasteiger partial charge >= 0.3 is 0 Å². The van der Waals surface area contributed by atoms with Crippen molar-refractivity contribution in [2.24, 2.45) is 5.41 Å². The third-order valence-electron chi connectivity index (χ3n) is 3.62. The minimum Gasteiger partial charge on any atom is -0.396 e. The molecule has 0 aromatic rings. The van der Waals surface area contributed by atoms with Crippen LogP contribution in [0, 0.1) is 5.41 Å². The summed E-state index contributed by atoms with van der Waals surface area (Å²) in [6.07, 6.45) is 6.18. The number of aliphatic hydroxyl groups is 1. The average molecular weight is 184 g/mol. The number of hydrazine groups is 1. The number of piperidine rings is 1. The van der Waals surface area contributed by atoms with Gasteiger partial charge < -0.3 is 5.11 Å². The Balaban J connectivity index is 1.81. The number of aliphatic hydroxyl groups excluding tert-OH is 1. The molecular weight excluding hydrogens is 164 g/mol. The Morgan fingerprint density at radius 2 is 2.00 bits per heavy atom. The number of rotatable bonds is 4. The van der Waals surface area contributed by atoms with Crippen molar-refractivity contribution in [2.75, 3.05) is 26.2 Å². The van der Waals surface area contributed by atoms with E-state index >= 15 is 0 Å². The molecule has 3 saturated heterocycles. The van der Waals surface area contributed by atoms with Crippen LogP contribution in [0.2, 0.25) is 0 Å². The van der Waals surface area contributed by atoms with Gasteiger partial charge in [-0.1, -0.05) is 6.42 Å². The molecular formula is C10H20N2O. The van der Waals surface area contributed by atoms with E-state index in [1.807, 2.05) is 0 Å². The van der Waals surface area contributed by atoms with Crippen LogP contribution in [0.3, 0.4) is 0 Å². The van der Waals surface area contributed by atoms with E-state index in [2.05, 4.69) is 10.4 Å². The first-order valence-corrected chi connectivity index (χ1v) is 5.44. The topological polar surface area (TPSA) is 35.5 Å². The summed E-state index contributed by atoms with van der Waals surface area (Å²) in [6.45, 7) is 3.96. The van der Waals surface area contributed by atoms with Crippen molar-refractivity contribution in [1.82, 2.24) is 10.4 Å². The van der Waals surface area contributed by atoms with Crippen LogP contribution in [0.1, 0.15) is 32.1 Å². The number of nitrogens with zero attached hydrogens (tertiary/aromatic N) is 1. The molecule has 13 heavy (non-hydrogen) atoms. The van der Waals surface area contributed by atoms with Crippen molar-refractivity contribution in [2.45, 2.75) is 32.1 Å². The second kappa shape index (κ2) is 3.95. The van der Waals surface area contributed by atoms with Crippen LogP contribution < -0.4 is 5.43 Å². The number of hydrogen-bond acceptors (Lipinski definition) is 3. The third-order valence-corrected chi connectivity index (χ3v) is 3.62. The molecule has 2 N–H and O–H groups in total. The molecule has 0 saturated carbocycles. The molecule has 2 bridgehead atoms. The fraction of sp³-hybridized carbons (Fsp3) is 1.00. The Bertz CT molecular complexity index is 151. The Morgan fingerprint density at radius 1 is 1.23 bits per heavy atom. The molecule has 3 nitrogen and oxygen atoms in total. The van der Waals surface area contributed by atoms with E-state index < -0.39 is 0 Å². The third kappa shape index (κ3) is 2.03. The maximum Gasteiger partial charge on any atom is 0.0431 e. The van der Waals surface area contributed by atoms with Crippen molar-refractivity contribution in [3.05, 3.63) is 0 Å². The first-order chi connectivity index (χ1) is 6.35. The van der Waals surface area contributed by atoms with Crippen molar-refractivity contribution >= 4 is 0 Å². The number of unbranched alkanes of at least 4 members (excludes halogenated alkanes) is 1. The summed E-state index contributed by atoms with van der Waals surface area (Å²) < 4.78 is 0. The van der Waals surface area contributed by atoms with Gasteiger partial charge in [0.2, 0.25) is 0 Å². The molecule has 0 atom stereocenters. The summed E-state index contributed by atoms with van der Waals surface area (Å²) >= 11 is 0. The normalized spacial score (nSPS) is 38.1. The molecule has 0 amide bonds. The van der Waals surface area contributed by atoms with E-state index in [0.29, 0.717) is 12.0 Å². The molecule has 76 valence electrons. The van der Waals surface area contributed by atoms with Crippen LogP contribution in [0.15, 0.2) is 0 Å². The zero-order valence-corrected chi connectivity index (χ0v) is 8.26. The fourth-order valence-electron chi connectivity index (χ4n) is 2.55. The lowest BCUT2D eigenvalue weighted by Gasteiger charge is -2.49. The summed E-state index contributed by atoms with van der Waals surface area (Å²) in [7, 11) is 0. The van der Waals surface area contributed by atoms with Crippen molar-refractivity contribution in [1.29, 1.82) is 0 Å². The maximum absolute atomic E-state index is 8.74. The minimum absolute atomic E-state index is 0.357. The molecule has 3 rings (SSSR count). The van der Waals surface area contributed by atoms with E-state index in [1.165, 1.54) is 45.3 Å². The SMILES string of the molecule is OCCCCC12CCN(CC1)NC2. The van der Waals surface area contributed by atoms with Crippen molar-refractivity contribution in [3.63, 3.8) is 0 Å². The van der Waals surface area contributed by atoms with E-state index in [1.54, 1.807) is 0 Å². The standard InChI is InChI=1S/C10H20N2O/c13-8-2-1-3-10-4-6-12(7-5-10)11-9-10/h11,13H,1-9H2. The van der Waals surface area contributed by atoms with Crippen molar-refractivity contribution in [3.8, 4) is 0 Å². The summed E-state index contributed by atoms with van der Waals surface area (Å²) in [5.41, 5.74) is 4.03. The monoisotopic (exact) mass is 184 g/mol. The van der Waals surface area contributed by atoms with Crippen LogP contribution in [0.4, 0.5) is 0 Å². The van der Waals surface area contributed by atoms with Crippen LogP contribution in [-0.2, 0) is 0 Å². The smallest absolute Gasteiger partial charge is 0.0431 e. The fourth-order valence-corrected chi connectivity index (χ4v) is 2.55. The van der Waals surface area contributed by atoms with Gasteiger partial charge in [-0.2, -0.15) is 0 Å². The van der Waals surface area contributed by atoms with Gasteiger partial charge in [0.1, 0.15) is 0 Å². The molecule has 0 unspecified atom stereocenters. The van der Waals surface area contributed by atoms with Gasteiger partial charge in [0.15, 0.2) is 0 Å². The van der Waals surface area contributed by atoms with Gasteiger partial charge in [0, 0.05) is 26.2 Å². The van der Waals surface area contributed by atoms with Crippen LogP contribution in [0.5, 0.6) is 0 Å². The van der Waals surface area contributed by atoms with E-state index in [9.17, 15) is 0 Å². The second-order valence-electron chi connectivity index (χ2n) is 4.50. The molecule has 0 radical (unpaired) electrons. The van der Waals surface area contributed by atoms with E-state index in [-0.39, 0.29) is 0 Å². The highest BCUT2D eigenvalue weighted by Crippen LogP contribution is 2.38. The number of nitrogens with one attached hydrogen (secondary N) is 1. The van der Waals surface area contributed by atoms with Gasteiger partial charge in [0.25, 0.3) is 0 Å². The molecule has 3 aliphatic heterocycles. The molecule has 3 aliphatic rings. The lowest BCUT2D eigenvalue weighted by atomic mass is 9.73. The average Bonchev–Trinajstić information content (AvgIpc) is 2.21. The quantitative estimate of drug-likeness (QED) is 0.633. The highest BCUT2D eigenvalue weighted by atomic mass is 16.2. The van der Waals surface area contributed by atoms with Crippen LogP contribution >= 0.6 is 0 Å². The molecule has 3 fully saturated rings. The molecule has 0 aliphatic carbocycles. The van der Waals surface area contributed by atoms with Crippen molar-refractivity contribution < 1.29 is 5.11 Å². The lowest BCUT2D eigenvalue weighted by molar-refractivity contribution is -0.0176. The summed E-state index contributed by atoms with van der Waals surface area (Å²) in [6, 6.07) is 0. The Kier molecular flexibility index (Phi) is 2.86. The van der Waals surface area contributed by atoms with Gasteiger partial charge in [-0.15, -0.1) is 0 Å². The van der Waals surface area contributed by atoms with E-state index in [4.69, 9.17) is 5.11 Å². The highest BCUT2D eigenvalue weighted by Gasteiger charge is 2.38. The molecule has 3 heteroatoms. The predicted molar refractivity (Wildman–Crippen MR) is 52.2 cm³/mol. The largest absolute Gasteiger partial charge is 0.396 e. The van der Waals surface area contributed by atoms with Gasteiger partial charge in [-0.25, -0.2) is 5.01 Å². The number of hydrogen-bond donors (Lipinski definition) is 2. The number of fused-ring (bicyclic) bond motifs is 3. The summed E-state index contributed by atoms with van der Waals surface area (Å²) in [5, 5.41) is 11.1. The van der Waals surface area contributed by atoms with Gasteiger partial charge in [0.05, 0.1) is 0 Å². The van der Waals surface area contributed by atoms with Gasteiger partial charge in [-0.3, -0.25) is 5.43 Å². The predicted octanol–water partition coefficient (Wildman–Crippen LogP) is 0.749. The lowest BCUT2D eigenvalue weighted by Crippen LogP contribution is -2.58. The summed E-state index contributed by atoms with van der Waals surface area (Å²) in [5.74, 6) is 0. The molecule has 0 aromatic carbocycles. The Labute approximate surface area is 80.1 Å². The highest BCUT2D eigenvalue weighted by molar-refractivity contribution is 4.90. The molecule has 3 heterocycles. The first-order valence-electron chi connectivity index (χ1n) is 5.44.